The highest BCUT2D eigenvalue weighted by molar-refractivity contribution is 6.06. The average Bonchev–Trinajstić information content (AvgIpc) is 2.94. The second kappa shape index (κ2) is 7.26. The van der Waals surface area contributed by atoms with E-state index in [9.17, 15) is 14.0 Å². The topological polar surface area (TPSA) is 67.9 Å². The molecule has 7 heteroatoms. The number of ether oxygens (including phenoxy) is 2. The van der Waals surface area contributed by atoms with Gasteiger partial charge in [0.25, 0.3) is 5.91 Å². The Kier molecular flexibility index (Phi) is 4.66. The van der Waals surface area contributed by atoms with E-state index in [4.69, 9.17) is 9.47 Å². The van der Waals surface area contributed by atoms with Gasteiger partial charge in [-0.15, -0.1) is 0 Å². The second-order valence-electron chi connectivity index (χ2n) is 6.48. The van der Waals surface area contributed by atoms with Crippen molar-refractivity contribution in [1.29, 1.82) is 0 Å². The number of nitrogens with one attached hydrogen (secondary N) is 1. The first-order valence-corrected chi connectivity index (χ1v) is 8.85. The van der Waals surface area contributed by atoms with Crippen LogP contribution in [0.5, 0.6) is 11.5 Å². The molecule has 2 aromatic rings. The molecule has 0 spiro atoms. The van der Waals surface area contributed by atoms with E-state index >= 15 is 0 Å². The number of anilines is 1. The minimum absolute atomic E-state index is 0.0740. The summed E-state index contributed by atoms with van der Waals surface area (Å²) in [5.41, 5.74) is 1.17. The van der Waals surface area contributed by atoms with Crippen molar-refractivity contribution in [2.45, 2.75) is 18.9 Å². The zero-order chi connectivity index (χ0) is 18.8. The summed E-state index contributed by atoms with van der Waals surface area (Å²) < 4.78 is 24.7. The Morgan fingerprint density at radius 1 is 1.07 bits per heavy atom. The van der Waals surface area contributed by atoms with Crippen molar-refractivity contribution in [2.75, 3.05) is 25.1 Å². The molecule has 2 aromatic carbocycles. The standard InChI is InChI=1S/C20H19FN2O4/c21-15-4-2-1-3-13(15)7-8-23-19(24)12-16(20(23)25)22-14-5-6-17-18(11-14)27-10-9-26-17/h1-6,11,16,22H,7-10,12H2/t16-/m1/s1. The third-order valence-electron chi connectivity index (χ3n) is 4.69. The highest BCUT2D eigenvalue weighted by atomic mass is 19.1. The lowest BCUT2D eigenvalue weighted by atomic mass is 10.1. The fourth-order valence-corrected chi connectivity index (χ4v) is 3.30. The summed E-state index contributed by atoms with van der Waals surface area (Å²) in [5, 5.41) is 3.09. The van der Waals surface area contributed by atoms with Crippen molar-refractivity contribution in [3.8, 4) is 11.5 Å². The molecule has 0 radical (unpaired) electrons. The van der Waals surface area contributed by atoms with E-state index in [1.807, 2.05) is 0 Å². The third-order valence-corrected chi connectivity index (χ3v) is 4.69. The zero-order valence-electron chi connectivity index (χ0n) is 14.6. The van der Waals surface area contributed by atoms with Crippen LogP contribution in [0.3, 0.4) is 0 Å². The summed E-state index contributed by atoms with van der Waals surface area (Å²) in [7, 11) is 0. The smallest absolute Gasteiger partial charge is 0.252 e. The van der Waals surface area contributed by atoms with Gasteiger partial charge in [0.1, 0.15) is 25.1 Å². The van der Waals surface area contributed by atoms with Gasteiger partial charge in [0, 0.05) is 18.3 Å². The van der Waals surface area contributed by atoms with Crippen molar-refractivity contribution < 1.29 is 23.5 Å². The molecule has 27 heavy (non-hydrogen) atoms. The Hall–Kier alpha value is -3.09. The number of carbonyl (C=O) groups is 2. The minimum atomic E-state index is -0.638. The van der Waals surface area contributed by atoms with Crippen molar-refractivity contribution in [2.24, 2.45) is 0 Å². The highest BCUT2D eigenvalue weighted by Gasteiger charge is 2.38. The predicted molar refractivity (Wildman–Crippen MR) is 96.3 cm³/mol. The number of halogens is 1. The summed E-state index contributed by atoms with van der Waals surface area (Å²) in [5.74, 6) is 0.381. The molecule has 1 saturated heterocycles. The van der Waals surface area contributed by atoms with Crippen molar-refractivity contribution >= 4 is 17.5 Å². The molecule has 1 N–H and O–H groups in total. The molecule has 0 aliphatic carbocycles. The molecule has 4 rings (SSSR count). The largest absolute Gasteiger partial charge is 0.486 e. The number of rotatable bonds is 5. The Morgan fingerprint density at radius 2 is 1.85 bits per heavy atom. The molecule has 1 atom stereocenters. The molecule has 2 aliphatic rings. The Bertz CT molecular complexity index is 886. The lowest BCUT2D eigenvalue weighted by Gasteiger charge is -2.20. The molecular formula is C20H19FN2O4. The van der Waals surface area contributed by atoms with E-state index in [-0.39, 0.29) is 30.6 Å². The molecule has 6 nitrogen and oxygen atoms in total. The Morgan fingerprint density at radius 3 is 2.67 bits per heavy atom. The molecule has 2 heterocycles. The van der Waals surface area contributed by atoms with Gasteiger partial charge < -0.3 is 14.8 Å². The summed E-state index contributed by atoms with van der Waals surface area (Å²) in [4.78, 5) is 26.1. The quantitative estimate of drug-likeness (QED) is 0.819. The van der Waals surface area contributed by atoms with Crippen LogP contribution in [0, 0.1) is 5.82 Å². The third kappa shape index (κ3) is 3.58. The normalized spacial score (nSPS) is 18.7. The van der Waals surface area contributed by atoms with Crippen LogP contribution in [0.2, 0.25) is 0 Å². The van der Waals surface area contributed by atoms with Gasteiger partial charge in [-0.05, 0) is 30.2 Å². The first-order chi connectivity index (χ1) is 13.1. The van der Waals surface area contributed by atoms with Crippen LogP contribution in [0.1, 0.15) is 12.0 Å². The van der Waals surface area contributed by atoms with Gasteiger partial charge >= 0.3 is 0 Å². The summed E-state index contributed by atoms with van der Waals surface area (Å²) in [6, 6.07) is 11.0. The van der Waals surface area contributed by atoms with Gasteiger partial charge in [-0.1, -0.05) is 18.2 Å². The Balaban J connectivity index is 1.41. The lowest BCUT2D eigenvalue weighted by Crippen LogP contribution is -2.36. The van der Waals surface area contributed by atoms with Gasteiger partial charge in [-0.3, -0.25) is 14.5 Å². The van der Waals surface area contributed by atoms with E-state index < -0.39 is 6.04 Å². The fraction of sp³-hybridized carbons (Fsp3) is 0.300. The molecule has 0 bridgehead atoms. The highest BCUT2D eigenvalue weighted by Crippen LogP contribution is 2.33. The van der Waals surface area contributed by atoms with Gasteiger partial charge in [-0.25, -0.2) is 4.39 Å². The molecule has 0 saturated carbocycles. The average molecular weight is 370 g/mol. The van der Waals surface area contributed by atoms with Crippen LogP contribution < -0.4 is 14.8 Å². The van der Waals surface area contributed by atoms with Crippen molar-refractivity contribution in [1.82, 2.24) is 4.90 Å². The zero-order valence-corrected chi connectivity index (χ0v) is 14.6. The van der Waals surface area contributed by atoms with Crippen LogP contribution >= 0.6 is 0 Å². The van der Waals surface area contributed by atoms with E-state index in [0.29, 0.717) is 42.4 Å². The van der Waals surface area contributed by atoms with Gasteiger partial charge in [0.15, 0.2) is 11.5 Å². The maximum Gasteiger partial charge on any atom is 0.252 e. The van der Waals surface area contributed by atoms with Crippen LogP contribution in [0.4, 0.5) is 10.1 Å². The van der Waals surface area contributed by atoms with E-state index in [0.717, 1.165) is 0 Å². The minimum Gasteiger partial charge on any atom is -0.486 e. The SMILES string of the molecule is O=C1C[C@@H](Nc2ccc3c(c2)OCCO3)C(=O)N1CCc1ccccc1F. The second-order valence-corrected chi connectivity index (χ2v) is 6.48. The number of amides is 2. The molecule has 1 fully saturated rings. The first kappa shape index (κ1) is 17.3. The molecular weight excluding hydrogens is 351 g/mol. The summed E-state index contributed by atoms with van der Waals surface area (Å²) in [6.45, 7) is 1.14. The molecule has 2 amide bonds. The lowest BCUT2D eigenvalue weighted by molar-refractivity contribution is -0.138. The van der Waals surface area contributed by atoms with Crippen LogP contribution in [-0.4, -0.2) is 42.5 Å². The van der Waals surface area contributed by atoms with E-state index in [1.54, 1.807) is 36.4 Å². The maximum atomic E-state index is 13.7. The summed E-state index contributed by atoms with van der Waals surface area (Å²) >= 11 is 0. The van der Waals surface area contributed by atoms with Crippen molar-refractivity contribution in [3.63, 3.8) is 0 Å². The molecule has 140 valence electrons. The number of carbonyl (C=O) groups excluding carboxylic acids is 2. The monoisotopic (exact) mass is 370 g/mol. The van der Waals surface area contributed by atoms with E-state index in [1.165, 1.54) is 11.0 Å². The first-order valence-electron chi connectivity index (χ1n) is 8.85. The van der Waals surface area contributed by atoms with Crippen LogP contribution in [-0.2, 0) is 16.0 Å². The number of benzene rings is 2. The van der Waals surface area contributed by atoms with Gasteiger partial charge in [0.2, 0.25) is 5.91 Å². The van der Waals surface area contributed by atoms with Crippen molar-refractivity contribution in [3.05, 3.63) is 53.8 Å². The predicted octanol–water partition coefficient (Wildman–Crippen LogP) is 2.38. The molecule has 0 aromatic heterocycles. The molecule has 0 unspecified atom stereocenters. The Labute approximate surface area is 155 Å². The number of fused-ring (bicyclic) bond motifs is 1. The number of nitrogens with zero attached hydrogens (tertiary/aromatic N) is 1. The number of imide groups is 1. The molecule has 2 aliphatic heterocycles. The number of likely N-dealkylation sites (tertiary alicyclic amines) is 1. The van der Waals surface area contributed by atoms with Gasteiger partial charge in [0.05, 0.1) is 6.42 Å². The van der Waals surface area contributed by atoms with Crippen LogP contribution in [0.25, 0.3) is 0 Å². The summed E-state index contributed by atoms with van der Waals surface area (Å²) in [6.07, 6.45) is 0.367. The van der Waals surface area contributed by atoms with E-state index in [2.05, 4.69) is 5.32 Å². The van der Waals surface area contributed by atoms with Crippen LogP contribution in [0.15, 0.2) is 42.5 Å². The van der Waals surface area contributed by atoms with Gasteiger partial charge in [-0.2, -0.15) is 0 Å². The fourth-order valence-electron chi connectivity index (χ4n) is 3.30. The number of hydrogen-bond donors (Lipinski definition) is 1. The maximum absolute atomic E-state index is 13.7. The number of hydrogen-bond acceptors (Lipinski definition) is 5.